The molecule has 1 saturated heterocycles. The van der Waals surface area contributed by atoms with E-state index in [9.17, 15) is 12.8 Å². The molecule has 124 valence electrons. The Kier molecular flexibility index (Phi) is 5.91. The summed E-state index contributed by atoms with van der Waals surface area (Å²) in [6, 6.07) is 5.02. The van der Waals surface area contributed by atoms with Gasteiger partial charge in [-0.25, -0.2) is 12.8 Å². The van der Waals surface area contributed by atoms with Crippen molar-refractivity contribution in [2.45, 2.75) is 11.3 Å². The van der Waals surface area contributed by atoms with Crippen molar-refractivity contribution in [3.8, 4) is 0 Å². The molecule has 0 radical (unpaired) electrons. The Morgan fingerprint density at radius 2 is 1.68 bits per heavy atom. The molecule has 5 nitrogen and oxygen atoms in total. The van der Waals surface area contributed by atoms with Crippen LogP contribution >= 0.6 is 0 Å². The van der Waals surface area contributed by atoms with Crippen LogP contribution in [0.1, 0.15) is 6.42 Å². The molecule has 22 heavy (non-hydrogen) atoms. The van der Waals surface area contributed by atoms with Gasteiger partial charge in [0.25, 0.3) is 0 Å². The van der Waals surface area contributed by atoms with E-state index in [2.05, 4.69) is 9.80 Å². The summed E-state index contributed by atoms with van der Waals surface area (Å²) in [6.45, 7) is 4.49. The number of piperazine rings is 1. The average Bonchev–Trinajstić information content (AvgIpc) is 2.48. The van der Waals surface area contributed by atoms with Gasteiger partial charge in [-0.2, -0.15) is 4.31 Å². The van der Waals surface area contributed by atoms with E-state index in [-0.39, 0.29) is 4.90 Å². The highest BCUT2D eigenvalue weighted by atomic mass is 32.2. The number of hydrogen-bond acceptors (Lipinski definition) is 4. The van der Waals surface area contributed by atoms with Gasteiger partial charge < -0.3 is 9.80 Å². The maximum Gasteiger partial charge on any atom is 0.243 e. The van der Waals surface area contributed by atoms with Gasteiger partial charge in [0.1, 0.15) is 5.82 Å². The maximum absolute atomic E-state index is 12.9. The van der Waals surface area contributed by atoms with Crippen LogP contribution in [0.15, 0.2) is 29.2 Å². The van der Waals surface area contributed by atoms with Gasteiger partial charge in [0.15, 0.2) is 0 Å². The molecule has 0 unspecified atom stereocenters. The molecule has 0 aromatic heterocycles. The first-order valence-electron chi connectivity index (χ1n) is 7.52. The van der Waals surface area contributed by atoms with Crippen LogP contribution < -0.4 is 0 Å². The lowest BCUT2D eigenvalue weighted by atomic mass is 10.3. The second kappa shape index (κ2) is 7.50. The molecule has 0 amide bonds. The van der Waals surface area contributed by atoms with Crippen LogP contribution in [0.25, 0.3) is 0 Å². The highest BCUT2D eigenvalue weighted by Gasteiger charge is 2.28. The zero-order valence-corrected chi connectivity index (χ0v) is 14.0. The molecule has 1 aliphatic heterocycles. The van der Waals surface area contributed by atoms with Crippen LogP contribution in [-0.2, 0) is 10.0 Å². The minimum absolute atomic E-state index is 0.162. The zero-order chi connectivity index (χ0) is 16.2. The molecule has 0 aliphatic carbocycles. The quantitative estimate of drug-likeness (QED) is 0.783. The SMILES string of the molecule is CN(C)CCCN1CCN(S(=O)(=O)c2ccc(F)cc2)CC1. The Morgan fingerprint density at radius 1 is 1.09 bits per heavy atom. The third kappa shape index (κ3) is 4.49. The first-order valence-corrected chi connectivity index (χ1v) is 8.96. The van der Waals surface area contributed by atoms with Crippen molar-refractivity contribution in [2.24, 2.45) is 0 Å². The van der Waals surface area contributed by atoms with E-state index < -0.39 is 15.8 Å². The molecular formula is C15H24FN3O2S. The topological polar surface area (TPSA) is 43.9 Å². The summed E-state index contributed by atoms with van der Waals surface area (Å²) in [7, 11) is 0.593. The number of halogens is 1. The van der Waals surface area contributed by atoms with E-state index in [4.69, 9.17) is 0 Å². The molecule has 0 atom stereocenters. The normalized spacial score (nSPS) is 18.0. The van der Waals surface area contributed by atoms with Crippen molar-refractivity contribution < 1.29 is 12.8 Å². The zero-order valence-electron chi connectivity index (χ0n) is 13.2. The summed E-state index contributed by atoms with van der Waals surface area (Å²) in [6.07, 6.45) is 1.08. The van der Waals surface area contributed by atoms with Gasteiger partial charge in [0.05, 0.1) is 4.90 Å². The van der Waals surface area contributed by atoms with Gasteiger partial charge in [-0.1, -0.05) is 0 Å². The number of hydrogen-bond donors (Lipinski definition) is 0. The van der Waals surface area contributed by atoms with Crippen molar-refractivity contribution in [1.82, 2.24) is 14.1 Å². The van der Waals surface area contributed by atoms with Crippen LogP contribution in [0.2, 0.25) is 0 Å². The predicted octanol–water partition coefficient (Wildman–Crippen LogP) is 1.08. The smallest absolute Gasteiger partial charge is 0.243 e. The molecule has 0 saturated carbocycles. The van der Waals surface area contributed by atoms with E-state index in [0.717, 1.165) is 32.6 Å². The van der Waals surface area contributed by atoms with Gasteiger partial charge in [-0.15, -0.1) is 0 Å². The van der Waals surface area contributed by atoms with E-state index in [1.165, 1.54) is 28.6 Å². The molecule has 7 heteroatoms. The lowest BCUT2D eigenvalue weighted by molar-refractivity contribution is 0.181. The molecule has 1 aliphatic rings. The largest absolute Gasteiger partial charge is 0.309 e. The van der Waals surface area contributed by atoms with Crippen LogP contribution in [0, 0.1) is 5.82 Å². The van der Waals surface area contributed by atoms with E-state index in [0.29, 0.717) is 13.1 Å². The molecule has 1 fully saturated rings. The minimum Gasteiger partial charge on any atom is -0.309 e. The average molecular weight is 329 g/mol. The van der Waals surface area contributed by atoms with E-state index in [1.807, 2.05) is 14.1 Å². The number of rotatable bonds is 6. The fourth-order valence-corrected chi connectivity index (χ4v) is 3.98. The Balaban J connectivity index is 1.89. The lowest BCUT2D eigenvalue weighted by Gasteiger charge is -2.34. The van der Waals surface area contributed by atoms with Crippen LogP contribution in [0.4, 0.5) is 4.39 Å². The second-order valence-electron chi connectivity index (χ2n) is 5.86. The van der Waals surface area contributed by atoms with Crippen molar-refractivity contribution in [1.29, 1.82) is 0 Å². The fourth-order valence-electron chi connectivity index (χ4n) is 2.56. The molecule has 0 spiro atoms. The first-order chi connectivity index (χ1) is 10.4. The Morgan fingerprint density at radius 3 is 2.23 bits per heavy atom. The third-order valence-electron chi connectivity index (χ3n) is 3.86. The monoisotopic (exact) mass is 329 g/mol. The molecule has 1 aromatic carbocycles. The summed E-state index contributed by atoms with van der Waals surface area (Å²) in [5.41, 5.74) is 0. The predicted molar refractivity (Wildman–Crippen MR) is 84.8 cm³/mol. The number of benzene rings is 1. The van der Waals surface area contributed by atoms with Crippen LogP contribution in [0.3, 0.4) is 0 Å². The highest BCUT2D eigenvalue weighted by molar-refractivity contribution is 7.89. The summed E-state index contributed by atoms with van der Waals surface area (Å²) >= 11 is 0. The summed E-state index contributed by atoms with van der Waals surface area (Å²) < 4.78 is 39.4. The second-order valence-corrected chi connectivity index (χ2v) is 7.79. The molecule has 1 heterocycles. The first kappa shape index (κ1) is 17.3. The van der Waals surface area contributed by atoms with Gasteiger partial charge in [-0.3, -0.25) is 0 Å². The fraction of sp³-hybridized carbons (Fsp3) is 0.600. The Bertz CT molecular complexity index is 567. The van der Waals surface area contributed by atoms with Gasteiger partial charge in [0, 0.05) is 26.2 Å². The van der Waals surface area contributed by atoms with Gasteiger partial charge >= 0.3 is 0 Å². The van der Waals surface area contributed by atoms with Gasteiger partial charge in [-0.05, 0) is 57.9 Å². The minimum atomic E-state index is -3.50. The summed E-state index contributed by atoms with van der Waals surface area (Å²) in [4.78, 5) is 4.60. The van der Waals surface area contributed by atoms with Crippen molar-refractivity contribution in [3.63, 3.8) is 0 Å². The molecular weight excluding hydrogens is 305 g/mol. The standard InChI is InChI=1S/C15H24FN3O2S/c1-17(2)8-3-9-18-10-12-19(13-11-18)22(20,21)15-6-4-14(16)5-7-15/h4-7H,3,8-13H2,1-2H3. The maximum atomic E-state index is 12.9. The number of nitrogens with zero attached hydrogens (tertiary/aromatic N) is 3. The van der Waals surface area contributed by atoms with Crippen molar-refractivity contribution >= 4 is 10.0 Å². The molecule has 0 bridgehead atoms. The number of sulfonamides is 1. The van der Waals surface area contributed by atoms with Crippen LogP contribution in [0.5, 0.6) is 0 Å². The third-order valence-corrected chi connectivity index (χ3v) is 5.78. The van der Waals surface area contributed by atoms with E-state index >= 15 is 0 Å². The lowest BCUT2D eigenvalue weighted by Crippen LogP contribution is -2.48. The summed E-state index contributed by atoms with van der Waals surface area (Å²) in [5, 5.41) is 0. The van der Waals surface area contributed by atoms with E-state index in [1.54, 1.807) is 0 Å². The van der Waals surface area contributed by atoms with Crippen LogP contribution in [-0.4, -0.2) is 75.9 Å². The molecule has 0 N–H and O–H groups in total. The van der Waals surface area contributed by atoms with Gasteiger partial charge in [0.2, 0.25) is 10.0 Å². The van der Waals surface area contributed by atoms with Crippen molar-refractivity contribution in [2.75, 3.05) is 53.4 Å². The Hall–Kier alpha value is -1.02. The highest BCUT2D eigenvalue weighted by Crippen LogP contribution is 2.18. The summed E-state index contributed by atoms with van der Waals surface area (Å²) in [5.74, 6) is -0.426. The Labute approximate surface area is 132 Å². The molecule has 2 rings (SSSR count). The molecule has 1 aromatic rings. The van der Waals surface area contributed by atoms with Crippen molar-refractivity contribution in [3.05, 3.63) is 30.1 Å².